The van der Waals surface area contributed by atoms with Gasteiger partial charge >= 0.3 is 0 Å². The normalized spacial score (nSPS) is 12.3. The van der Waals surface area contributed by atoms with Gasteiger partial charge in [0.15, 0.2) is 0 Å². The largest absolute Gasteiger partial charge is 0.378 e. The molecule has 80 valence electrons. The smallest absolute Gasteiger partial charge is 0.234 e. The summed E-state index contributed by atoms with van der Waals surface area (Å²) >= 11 is 0. The van der Waals surface area contributed by atoms with Crippen LogP contribution in [0.5, 0.6) is 0 Å². The highest BCUT2D eigenvalue weighted by molar-refractivity contribution is 8.13. The lowest BCUT2D eigenvalue weighted by atomic mass is 10.5. The first-order chi connectivity index (χ1) is 5.92. The molecule has 0 spiro atoms. The average molecular weight is 231 g/mol. The number of ether oxygens (including phenoxy) is 2. The van der Waals surface area contributed by atoms with Crippen molar-refractivity contribution >= 4 is 19.7 Å². The molecule has 0 aliphatic carbocycles. The molecule has 4 nitrogen and oxygen atoms in total. The van der Waals surface area contributed by atoms with Crippen molar-refractivity contribution in [2.75, 3.05) is 25.6 Å². The van der Waals surface area contributed by atoms with Crippen LogP contribution in [-0.4, -0.2) is 40.1 Å². The minimum absolute atomic E-state index is 0.118. The van der Waals surface area contributed by atoms with Crippen molar-refractivity contribution in [1.82, 2.24) is 0 Å². The van der Waals surface area contributed by atoms with E-state index >= 15 is 0 Å². The fourth-order valence-corrected chi connectivity index (χ4v) is 1.11. The predicted octanol–water partition coefficient (Wildman–Crippen LogP) is 0.997. The Labute approximate surface area is 83.6 Å². The SMILES string of the molecule is CC(C)OCCOCCS(=O)(=O)Cl. The Kier molecular flexibility index (Phi) is 6.67. The van der Waals surface area contributed by atoms with Crippen LogP contribution in [0.4, 0.5) is 0 Å². The van der Waals surface area contributed by atoms with Crippen LogP contribution in [0, 0.1) is 0 Å². The van der Waals surface area contributed by atoms with Crippen LogP contribution < -0.4 is 0 Å². The number of rotatable bonds is 7. The fraction of sp³-hybridized carbons (Fsp3) is 1.00. The lowest BCUT2D eigenvalue weighted by Crippen LogP contribution is -2.13. The summed E-state index contributed by atoms with van der Waals surface area (Å²) in [5, 5.41) is 0. The molecule has 0 atom stereocenters. The second-order valence-corrected chi connectivity index (χ2v) is 5.67. The molecular formula is C7H15ClO4S. The van der Waals surface area contributed by atoms with E-state index in [0.29, 0.717) is 13.2 Å². The average Bonchev–Trinajstić information content (AvgIpc) is 1.93. The quantitative estimate of drug-likeness (QED) is 0.484. The van der Waals surface area contributed by atoms with Crippen molar-refractivity contribution in [3.63, 3.8) is 0 Å². The van der Waals surface area contributed by atoms with Crippen molar-refractivity contribution in [1.29, 1.82) is 0 Å². The van der Waals surface area contributed by atoms with Crippen LogP contribution in [0.3, 0.4) is 0 Å². The van der Waals surface area contributed by atoms with E-state index in [4.69, 9.17) is 20.2 Å². The highest BCUT2D eigenvalue weighted by Gasteiger charge is 2.03. The minimum Gasteiger partial charge on any atom is -0.378 e. The lowest BCUT2D eigenvalue weighted by Gasteiger charge is -2.07. The van der Waals surface area contributed by atoms with Gasteiger partial charge in [0.2, 0.25) is 9.05 Å². The highest BCUT2D eigenvalue weighted by Crippen LogP contribution is 1.95. The van der Waals surface area contributed by atoms with E-state index < -0.39 is 9.05 Å². The van der Waals surface area contributed by atoms with Crippen LogP contribution in [0.25, 0.3) is 0 Å². The third-order valence-corrected chi connectivity index (χ3v) is 2.27. The van der Waals surface area contributed by atoms with E-state index in [0.717, 1.165) is 0 Å². The fourth-order valence-electron chi connectivity index (χ4n) is 0.603. The van der Waals surface area contributed by atoms with Gasteiger partial charge in [0.1, 0.15) is 0 Å². The zero-order valence-electron chi connectivity index (χ0n) is 7.82. The Bertz CT molecular complexity index is 213. The summed E-state index contributed by atoms with van der Waals surface area (Å²) in [6, 6.07) is 0. The van der Waals surface area contributed by atoms with Gasteiger partial charge in [0.25, 0.3) is 0 Å². The van der Waals surface area contributed by atoms with Gasteiger partial charge in [-0.05, 0) is 13.8 Å². The van der Waals surface area contributed by atoms with Gasteiger partial charge in [-0.3, -0.25) is 0 Å². The van der Waals surface area contributed by atoms with Gasteiger partial charge < -0.3 is 9.47 Å². The van der Waals surface area contributed by atoms with Gasteiger partial charge in [-0.15, -0.1) is 0 Å². The van der Waals surface area contributed by atoms with E-state index in [1.165, 1.54) is 0 Å². The summed E-state index contributed by atoms with van der Waals surface area (Å²) in [5.41, 5.74) is 0. The second-order valence-electron chi connectivity index (χ2n) is 2.77. The maximum absolute atomic E-state index is 10.4. The van der Waals surface area contributed by atoms with Crippen molar-refractivity contribution in [3.05, 3.63) is 0 Å². The van der Waals surface area contributed by atoms with E-state index in [1.807, 2.05) is 13.8 Å². The molecule has 0 heterocycles. The zero-order chi connectivity index (χ0) is 10.3. The molecule has 0 aromatic heterocycles. The molecule has 0 amide bonds. The zero-order valence-corrected chi connectivity index (χ0v) is 9.40. The standard InChI is InChI=1S/C7H15ClO4S/c1-7(2)12-4-3-11-5-6-13(8,9)10/h7H,3-6H2,1-2H3. The van der Waals surface area contributed by atoms with E-state index in [1.54, 1.807) is 0 Å². The van der Waals surface area contributed by atoms with E-state index in [2.05, 4.69) is 0 Å². The summed E-state index contributed by atoms with van der Waals surface area (Å²) in [5.74, 6) is -0.157. The molecule has 0 bridgehead atoms. The molecule has 0 N–H and O–H groups in total. The summed E-state index contributed by atoms with van der Waals surface area (Å²) < 4.78 is 31.0. The topological polar surface area (TPSA) is 52.6 Å². The van der Waals surface area contributed by atoms with Crippen LogP contribution in [-0.2, 0) is 18.5 Å². The van der Waals surface area contributed by atoms with Gasteiger partial charge in [-0.2, -0.15) is 0 Å². The van der Waals surface area contributed by atoms with Crippen LogP contribution in [0.1, 0.15) is 13.8 Å². The van der Waals surface area contributed by atoms with Crippen molar-refractivity contribution in [3.8, 4) is 0 Å². The molecule has 13 heavy (non-hydrogen) atoms. The van der Waals surface area contributed by atoms with Crippen molar-refractivity contribution in [2.24, 2.45) is 0 Å². The molecule has 0 aliphatic rings. The van der Waals surface area contributed by atoms with Gasteiger partial charge in [-0.1, -0.05) is 0 Å². The summed E-state index contributed by atoms with van der Waals surface area (Å²) in [6.07, 6.45) is 0.167. The summed E-state index contributed by atoms with van der Waals surface area (Å²) in [4.78, 5) is 0. The second kappa shape index (κ2) is 6.59. The summed E-state index contributed by atoms with van der Waals surface area (Å²) in [6.45, 7) is 4.82. The Balaban J connectivity index is 3.18. The van der Waals surface area contributed by atoms with Crippen molar-refractivity contribution in [2.45, 2.75) is 20.0 Å². The third kappa shape index (κ3) is 12.2. The Hall–Kier alpha value is 0.160. The number of hydrogen-bond donors (Lipinski definition) is 0. The molecule has 6 heteroatoms. The predicted molar refractivity (Wildman–Crippen MR) is 51.5 cm³/mol. The van der Waals surface area contributed by atoms with Gasteiger partial charge in [0.05, 0.1) is 31.7 Å². The molecular weight excluding hydrogens is 216 g/mol. The van der Waals surface area contributed by atoms with E-state index in [-0.39, 0.29) is 18.5 Å². The summed E-state index contributed by atoms with van der Waals surface area (Å²) in [7, 11) is 1.54. The Morgan fingerprint density at radius 1 is 1.23 bits per heavy atom. The first-order valence-electron chi connectivity index (χ1n) is 4.03. The van der Waals surface area contributed by atoms with Crippen molar-refractivity contribution < 1.29 is 17.9 Å². The molecule has 0 saturated carbocycles. The van der Waals surface area contributed by atoms with Crippen LogP contribution in [0.15, 0.2) is 0 Å². The highest BCUT2D eigenvalue weighted by atomic mass is 35.7. The monoisotopic (exact) mass is 230 g/mol. The van der Waals surface area contributed by atoms with E-state index in [9.17, 15) is 8.42 Å². The number of hydrogen-bond acceptors (Lipinski definition) is 4. The molecule has 0 rings (SSSR count). The Morgan fingerprint density at radius 3 is 2.31 bits per heavy atom. The molecule has 0 aliphatic heterocycles. The third-order valence-electron chi connectivity index (χ3n) is 1.15. The molecule has 0 radical (unpaired) electrons. The maximum Gasteiger partial charge on any atom is 0.234 e. The van der Waals surface area contributed by atoms with Gasteiger partial charge in [0, 0.05) is 10.7 Å². The van der Waals surface area contributed by atoms with Crippen LogP contribution in [0.2, 0.25) is 0 Å². The first-order valence-corrected chi connectivity index (χ1v) is 6.51. The molecule has 0 aromatic rings. The molecule has 0 unspecified atom stereocenters. The lowest BCUT2D eigenvalue weighted by molar-refractivity contribution is 0.0235. The maximum atomic E-state index is 10.4. The number of halogens is 1. The first kappa shape index (κ1) is 13.2. The van der Waals surface area contributed by atoms with Gasteiger partial charge in [-0.25, -0.2) is 8.42 Å². The Morgan fingerprint density at radius 2 is 1.85 bits per heavy atom. The minimum atomic E-state index is -3.42. The van der Waals surface area contributed by atoms with Crippen LogP contribution >= 0.6 is 10.7 Å². The molecule has 0 fully saturated rings. The molecule has 0 saturated heterocycles. The molecule has 0 aromatic carbocycles.